The van der Waals surface area contributed by atoms with E-state index in [4.69, 9.17) is 10.5 Å². The standard InChI is InChI=1S/C28H38N2O3/c1-3-5-20-33-28(32)22-16-14-21(15-17-22)26(27(29)31)24(11-4-2)23-12-7-8-13-25(23)30-18-9-6-10-19-30/h7-8,12-17,24,26H,3-6,9-11,18-20H2,1-2H3,(H2,29,31). The number of ether oxygens (including phenoxy) is 1. The van der Waals surface area contributed by atoms with E-state index in [-0.39, 0.29) is 17.8 Å². The van der Waals surface area contributed by atoms with E-state index in [1.807, 2.05) is 12.1 Å². The number of carbonyl (C=O) groups excluding carboxylic acids is 2. The molecular formula is C28H38N2O3. The van der Waals surface area contributed by atoms with Gasteiger partial charge in [0.1, 0.15) is 0 Å². The fourth-order valence-electron chi connectivity index (χ4n) is 4.85. The predicted molar refractivity (Wildman–Crippen MR) is 134 cm³/mol. The molecule has 178 valence electrons. The van der Waals surface area contributed by atoms with Gasteiger partial charge in [-0.25, -0.2) is 4.79 Å². The highest BCUT2D eigenvalue weighted by Crippen LogP contribution is 2.41. The van der Waals surface area contributed by atoms with Crippen molar-refractivity contribution >= 4 is 17.6 Å². The number of nitrogens with two attached hydrogens (primary N) is 1. The van der Waals surface area contributed by atoms with Crippen LogP contribution in [0.1, 0.15) is 92.1 Å². The molecule has 1 fully saturated rings. The van der Waals surface area contributed by atoms with Gasteiger partial charge in [0.25, 0.3) is 0 Å². The Morgan fingerprint density at radius 1 is 0.970 bits per heavy atom. The summed E-state index contributed by atoms with van der Waals surface area (Å²) in [5, 5.41) is 0. The molecule has 0 aromatic heterocycles. The number of rotatable bonds is 11. The van der Waals surface area contributed by atoms with Crippen LogP contribution in [0.2, 0.25) is 0 Å². The van der Waals surface area contributed by atoms with E-state index in [0.29, 0.717) is 12.2 Å². The predicted octanol–water partition coefficient (Wildman–Crippen LogP) is 5.79. The van der Waals surface area contributed by atoms with Crippen LogP contribution in [0.4, 0.5) is 5.69 Å². The second kappa shape index (κ2) is 12.4. The fraction of sp³-hybridized carbons (Fsp3) is 0.500. The van der Waals surface area contributed by atoms with E-state index in [1.54, 1.807) is 12.1 Å². The Balaban J connectivity index is 1.91. The maximum atomic E-state index is 12.8. The molecule has 2 aromatic rings. The van der Waals surface area contributed by atoms with Crippen molar-refractivity contribution in [3.63, 3.8) is 0 Å². The normalized spacial score (nSPS) is 15.6. The highest BCUT2D eigenvalue weighted by Gasteiger charge is 2.31. The van der Waals surface area contributed by atoms with E-state index < -0.39 is 5.92 Å². The van der Waals surface area contributed by atoms with Crippen LogP contribution in [0.15, 0.2) is 48.5 Å². The maximum Gasteiger partial charge on any atom is 0.338 e. The number of piperidine rings is 1. The summed E-state index contributed by atoms with van der Waals surface area (Å²) in [6.07, 6.45) is 7.30. The number of amides is 1. The van der Waals surface area contributed by atoms with E-state index in [9.17, 15) is 9.59 Å². The summed E-state index contributed by atoms with van der Waals surface area (Å²) in [5.74, 6) is -1.14. The summed E-state index contributed by atoms with van der Waals surface area (Å²) in [4.78, 5) is 27.5. The molecule has 3 rings (SSSR count). The molecule has 1 amide bonds. The maximum absolute atomic E-state index is 12.8. The van der Waals surface area contributed by atoms with Crippen molar-refractivity contribution in [2.45, 2.75) is 70.6 Å². The quantitative estimate of drug-likeness (QED) is 0.347. The van der Waals surface area contributed by atoms with Gasteiger partial charge in [-0.05, 0) is 61.4 Å². The molecule has 1 aliphatic heterocycles. The molecule has 5 nitrogen and oxygen atoms in total. The zero-order valence-electron chi connectivity index (χ0n) is 20.1. The second-order valence-electron chi connectivity index (χ2n) is 8.99. The van der Waals surface area contributed by atoms with E-state index >= 15 is 0 Å². The summed E-state index contributed by atoms with van der Waals surface area (Å²) >= 11 is 0. The minimum absolute atomic E-state index is 0.0204. The number of primary amides is 1. The lowest BCUT2D eigenvalue weighted by Gasteiger charge is -2.34. The molecule has 0 radical (unpaired) electrons. The van der Waals surface area contributed by atoms with E-state index in [1.165, 1.54) is 30.5 Å². The highest BCUT2D eigenvalue weighted by molar-refractivity contribution is 5.90. The number of para-hydroxylation sites is 1. The van der Waals surface area contributed by atoms with Crippen molar-refractivity contribution in [1.82, 2.24) is 0 Å². The Morgan fingerprint density at radius 2 is 1.67 bits per heavy atom. The molecule has 0 saturated carbocycles. The van der Waals surface area contributed by atoms with Crippen molar-refractivity contribution in [2.75, 3.05) is 24.6 Å². The average Bonchev–Trinajstić information content (AvgIpc) is 2.84. The van der Waals surface area contributed by atoms with Gasteiger partial charge >= 0.3 is 5.97 Å². The van der Waals surface area contributed by atoms with Crippen LogP contribution in [-0.4, -0.2) is 31.6 Å². The van der Waals surface area contributed by atoms with Gasteiger partial charge in [-0.15, -0.1) is 0 Å². The van der Waals surface area contributed by atoms with Crippen molar-refractivity contribution < 1.29 is 14.3 Å². The Morgan fingerprint density at radius 3 is 2.30 bits per heavy atom. The summed E-state index contributed by atoms with van der Waals surface area (Å²) in [5.41, 5.74) is 9.75. The van der Waals surface area contributed by atoms with Gasteiger partial charge in [0.2, 0.25) is 5.91 Å². The number of carbonyl (C=O) groups is 2. The lowest BCUT2D eigenvalue weighted by molar-refractivity contribution is -0.120. The molecule has 1 saturated heterocycles. The lowest BCUT2D eigenvalue weighted by atomic mass is 9.77. The van der Waals surface area contributed by atoms with Crippen LogP contribution < -0.4 is 10.6 Å². The van der Waals surface area contributed by atoms with Crippen molar-refractivity contribution in [1.29, 1.82) is 0 Å². The third-order valence-corrected chi connectivity index (χ3v) is 6.58. The molecule has 2 N–H and O–H groups in total. The first-order valence-corrected chi connectivity index (χ1v) is 12.5. The van der Waals surface area contributed by atoms with Gasteiger partial charge in [0, 0.05) is 24.7 Å². The second-order valence-corrected chi connectivity index (χ2v) is 8.99. The summed E-state index contributed by atoms with van der Waals surface area (Å²) in [6.45, 7) is 6.72. The van der Waals surface area contributed by atoms with Crippen LogP contribution in [0.5, 0.6) is 0 Å². The molecule has 0 bridgehead atoms. The molecule has 0 aliphatic carbocycles. The van der Waals surface area contributed by atoms with Crippen LogP contribution in [-0.2, 0) is 9.53 Å². The van der Waals surface area contributed by atoms with Gasteiger partial charge in [-0.1, -0.05) is 57.0 Å². The third-order valence-electron chi connectivity index (χ3n) is 6.58. The Labute approximate surface area is 198 Å². The Kier molecular flexibility index (Phi) is 9.35. The minimum atomic E-state index is -0.457. The smallest absolute Gasteiger partial charge is 0.338 e. The molecule has 2 aromatic carbocycles. The first-order valence-electron chi connectivity index (χ1n) is 12.5. The van der Waals surface area contributed by atoms with Crippen LogP contribution in [0.3, 0.4) is 0 Å². The Hall–Kier alpha value is -2.82. The molecule has 1 heterocycles. The molecule has 33 heavy (non-hydrogen) atoms. The van der Waals surface area contributed by atoms with Crippen LogP contribution in [0, 0.1) is 0 Å². The molecular weight excluding hydrogens is 412 g/mol. The fourth-order valence-corrected chi connectivity index (χ4v) is 4.85. The number of unbranched alkanes of at least 4 members (excludes halogenated alkanes) is 1. The number of hydrogen-bond donors (Lipinski definition) is 1. The zero-order chi connectivity index (χ0) is 23.6. The number of esters is 1. The van der Waals surface area contributed by atoms with Crippen LogP contribution in [0.25, 0.3) is 0 Å². The first-order chi connectivity index (χ1) is 16.1. The molecule has 0 spiro atoms. The average molecular weight is 451 g/mol. The monoisotopic (exact) mass is 450 g/mol. The van der Waals surface area contributed by atoms with Crippen molar-refractivity contribution in [3.05, 3.63) is 65.2 Å². The van der Waals surface area contributed by atoms with Crippen molar-refractivity contribution in [2.24, 2.45) is 5.73 Å². The first kappa shape index (κ1) is 24.8. The molecule has 2 unspecified atom stereocenters. The minimum Gasteiger partial charge on any atom is -0.462 e. The molecule has 2 atom stereocenters. The Bertz CT molecular complexity index is 904. The zero-order valence-corrected chi connectivity index (χ0v) is 20.1. The topological polar surface area (TPSA) is 72.6 Å². The van der Waals surface area contributed by atoms with Crippen LogP contribution >= 0.6 is 0 Å². The SMILES string of the molecule is CCCCOC(=O)c1ccc(C(C(N)=O)C(CCC)c2ccccc2N2CCCCC2)cc1. The third kappa shape index (κ3) is 6.37. The number of hydrogen-bond acceptors (Lipinski definition) is 4. The molecule has 1 aliphatic rings. The number of nitrogens with zero attached hydrogens (tertiary/aromatic N) is 1. The summed E-state index contributed by atoms with van der Waals surface area (Å²) < 4.78 is 5.32. The van der Waals surface area contributed by atoms with Gasteiger partial charge in [-0.2, -0.15) is 0 Å². The van der Waals surface area contributed by atoms with Gasteiger partial charge < -0.3 is 15.4 Å². The van der Waals surface area contributed by atoms with E-state index in [0.717, 1.165) is 44.3 Å². The van der Waals surface area contributed by atoms with Crippen molar-refractivity contribution in [3.8, 4) is 0 Å². The van der Waals surface area contributed by atoms with E-state index in [2.05, 4.69) is 43.0 Å². The largest absolute Gasteiger partial charge is 0.462 e. The number of anilines is 1. The van der Waals surface area contributed by atoms with Gasteiger partial charge in [-0.3, -0.25) is 4.79 Å². The van der Waals surface area contributed by atoms with Gasteiger partial charge in [0.05, 0.1) is 18.1 Å². The lowest BCUT2D eigenvalue weighted by Crippen LogP contribution is -2.32. The summed E-state index contributed by atoms with van der Waals surface area (Å²) in [7, 11) is 0. The summed E-state index contributed by atoms with van der Waals surface area (Å²) in [6, 6.07) is 15.7. The van der Waals surface area contributed by atoms with Gasteiger partial charge in [0.15, 0.2) is 0 Å². The number of benzene rings is 2. The molecule has 5 heteroatoms. The highest BCUT2D eigenvalue weighted by atomic mass is 16.5.